The third-order valence-corrected chi connectivity index (χ3v) is 7.85. The third-order valence-electron chi connectivity index (χ3n) is 7.85. The van der Waals surface area contributed by atoms with Gasteiger partial charge >= 0.3 is 5.97 Å². The van der Waals surface area contributed by atoms with Gasteiger partial charge in [-0.15, -0.1) is 0 Å². The maximum Gasteiger partial charge on any atom is 0.321 e. The van der Waals surface area contributed by atoms with Gasteiger partial charge < -0.3 is 24.7 Å². The summed E-state index contributed by atoms with van der Waals surface area (Å²) in [6.45, 7) is 4.98. The van der Waals surface area contributed by atoms with Crippen LogP contribution in [0.5, 0.6) is 0 Å². The Kier molecular flexibility index (Phi) is 8.45. The SMILES string of the molecule is C=CCOC(=O)C1(c2ccccc2)CC[C@@H](C(=O)N2CCOC(CNC(=O)c3ccc[nH]c3=O)C2)c2ccccc21. The van der Waals surface area contributed by atoms with Gasteiger partial charge in [0.1, 0.15) is 17.6 Å². The minimum absolute atomic E-state index is 0.0172. The number of carbonyl (C=O) groups excluding carboxylic acids is 3. The number of ether oxygens (including phenoxy) is 2. The number of carbonyl (C=O) groups is 3. The smallest absolute Gasteiger partial charge is 0.321 e. The molecule has 0 radical (unpaired) electrons. The van der Waals surface area contributed by atoms with Crippen molar-refractivity contribution < 1.29 is 23.9 Å². The summed E-state index contributed by atoms with van der Waals surface area (Å²) in [5.41, 5.74) is 0.917. The molecule has 2 heterocycles. The molecule has 2 amide bonds. The van der Waals surface area contributed by atoms with E-state index in [4.69, 9.17) is 9.47 Å². The molecule has 1 aliphatic carbocycles. The Labute approximate surface area is 238 Å². The van der Waals surface area contributed by atoms with E-state index in [2.05, 4.69) is 16.9 Å². The molecule has 0 spiro atoms. The second kappa shape index (κ2) is 12.3. The molecule has 0 bridgehead atoms. The van der Waals surface area contributed by atoms with Crippen LogP contribution in [0.25, 0.3) is 0 Å². The van der Waals surface area contributed by atoms with Crippen LogP contribution in [0, 0.1) is 0 Å². The minimum Gasteiger partial charge on any atom is -0.461 e. The van der Waals surface area contributed by atoms with E-state index in [0.29, 0.717) is 32.5 Å². The van der Waals surface area contributed by atoms with E-state index >= 15 is 0 Å². The topological polar surface area (TPSA) is 118 Å². The first-order valence-corrected chi connectivity index (χ1v) is 13.7. The van der Waals surface area contributed by atoms with Crippen LogP contribution in [0.15, 0.2) is 90.4 Å². The lowest BCUT2D eigenvalue weighted by atomic mass is 9.63. The molecule has 0 saturated carbocycles. The molecule has 2 unspecified atom stereocenters. The highest BCUT2D eigenvalue weighted by Crippen LogP contribution is 2.48. The predicted octanol–water partition coefficient (Wildman–Crippen LogP) is 2.93. The van der Waals surface area contributed by atoms with E-state index < -0.39 is 28.9 Å². The zero-order chi connectivity index (χ0) is 28.8. The predicted molar refractivity (Wildman–Crippen MR) is 153 cm³/mol. The summed E-state index contributed by atoms with van der Waals surface area (Å²) in [7, 11) is 0. The third kappa shape index (κ3) is 5.58. The lowest BCUT2D eigenvalue weighted by Crippen LogP contribution is -2.52. The van der Waals surface area contributed by atoms with Gasteiger partial charge in [0, 0.05) is 25.8 Å². The van der Waals surface area contributed by atoms with Gasteiger partial charge in [-0.3, -0.25) is 19.2 Å². The highest BCUT2D eigenvalue weighted by atomic mass is 16.5. The Morgan fingerprint density at radius 2 is 1.88 bits per heavy atom. The first-order valence-electron chi connectivity index (χ1n) is 13.7. The Bertz CT molecular complexity index is 1490. The average molecular weight is 556 g/mol. The van der Waals surface area contributed by atoms with E-state index in [0.717, 1.165) is 16.7 Å². The van der Waals surface area contributed by atoms with Crippen LogP contribution in [0.3, 0.4) is 0 Å². The molecule has 1 fully saturated rings. The van der Waals surface area contributed by atoms with Gasteiger partial charge in [0.2, 0.25) is 5.91 Å². The lowest BCUT2D eigenvalue weighted by Gasteiger charge is -2.42. The van der Waals surface area contributed by atoms with E-state index in [9.17, 15) is 19.2 Å². The van der Waals surface area contributed by atoms with Gasteiger partial charge in [-0.05, 0) is 41.7 Å². The van der Waals surface area contributed by atoms with Gasteiger partial charge in [-0.2, -0.15) is 0 Å². The number of rotatable bonds is 8. The highest BCUT2D eigenvalue weighted by Gasteiger charge is 2.50. The fraction of sp³-hybridized carbons (Fsp3) is 0.312. The Morgan fingerprint density at radius 3 is 2.66 bits per heavy atom. The summed E-state index contributed by atoms with van der Waals surface area (Å²) in [5.74, 6) is -1.34. The number of aromatic nitrogens is 1. The fourth-order valence-corrected chi connectivity index (χ4v) is 5.87. The van der Waals surface area contributed by atoms with E-state index in [1.807, 2.05) is 54.6 Å². The van der Waals surface area contributed by atoms with Crippen molar-refractivity contribution in [2.45, 2.75) is 30.3 Å². The molecule has 1 aliphatic heterocycles. The second-order valence-electron chi connectivity index (χ2n) is 10.2. The quantitative estimate of drug-likeness (QED) is 0.326. The van der Waals surface area contributed by atoms with Crippen molar-refractivity contribution in [1.29, 1.82) is 0 Å². The van der Waals surface area contributed by atoms with Crippen LogP contribution in [0.1, 0.15) is 45.8 Å². The number of nitrogens with one attached hydrogen (secondary N) is 2. The number of H-pyrrole nitrogens is 1. The van der Waals surface area contributed by atoms with Crippen molar-refractivity contribution in [3.05, 3.63) is 118 Å². The van der Waals surface area contributed by atoms with Gasteiger partial charge in [-0.25, -0.2) is 0 Å². The maximum absolute atomic E-state index is 14.0. The molecule has 3 aromatic rings. The van der Waals surface area contributed by atoms with E-state index in [1.54, 1.807) is 17.0 Å². The Hall–Kier alpha value is -4.50. The fourth-order valence-electron chi connectivity index (χ4n) is 5.87. The second-order valence-corrected chi connectivity index (χ2v) is 10.2. The van der Waals surface area contributed by atoms with Crippen LogP contribution in [0.2, 0.25) is 0 Å². The zero-order valence-corrected chi connectivity index (χ0v) is 22.7. The zero-order valence-electron chi connectivity index (χ0n) is 22.7. The summed E-state index contributed by atoms with van der Waals surface area (Å²) < 4.78 is 11.5. The highest BCUT2D eigenvalue weighted by molar-refractivity contribution is 5.94. The number of hydrogen-bond donors (Lipinski definition) is 2. The molecule has 212 valence electrons. The van der Waals surface area contributed by atoms with Crippen molar-refractivity contribution in [3.63, 3.8) is 0 Å². The maximum atomic E-state index is 14.0. The van der Waals surface area contributed by atoms with Gasteiger partial charge in [-0.1, -0.05) is 67.3 Å². The molecular formula is C32H33N3O6. The number of pyridine rings is 1. The number of fused-ring (bicyclic) bond motifs is 1. The van der Waals surface area contributed by atoms with Crippen LogP contribution in [-0.4, -0.2) is 66.6 Å². The molecule has 2 aliphatic rings. The summed E-state index contributed by atoms with van der Waals surface area (Å²) >= 11 is 0. The first-order chi connectivity index (χ1) is 20.0. The number of amides is 2. The number of hydrogen-bond acceptors (Lipinski definition) is 6. The molecule has 2 N–H and O–H groups in total. The van der Waals surface area contributed by atoms with Crippen LogP contribution in [-0.2, 0) is 24.5 Å². The van der Waals surface area contributed by atoms with Crippen molar-refractivity contribution in [3.8, 4) is 0 Å². The molecule has 41 heavy (non-hydrogen) atoms. The molecule has 1 saturated heterocycles. The summed E-state index contributed by atoms with van der Waals surface area (Å²) in [6, 6.07) is 20.2. The normalized spacial score (nSPS) is 21.8. The molecule has 2 aromatic carbocycles. The number of morpholine rings is 1. The van der Waals surface area contributed by atoms with Crippen LogP contribution >= 0.6 is 0 Å². The average Bonchev–Trinajstić information content (AvgIpc) is 3.02. The summed E-state index contributed by atoms with van der Waals surface area (Å²) in [6.07, 6.45) is 3.46. The largest absolute Gasteiger partial charge is 0.461 e. The first kappa shape index (κ1) is 28.0. The molecular weight excluding hydrogens is 522 g/mol. The number of esters is 1. The molecule has 9 nitrogen and oxygen atoms in total. The van der Waals surface area contributed by atoms with Gasteiger partial charge in [0.25, 0.3) is 11.5 Å². The monoisotopic (exact) mass is 555 g/mol. The van der Waals surface area contributed by atoms with Crippen molar-refractivity contribution in [2.24, 2.45) is 0 Å². The number of nitrogens with zero attached hydrogens (tertiary/aromatic N) is 1. The van der Waals surface area contributed by atoms with E-state index in [-0.39, 0.29) is 30.6 Å². The molecule has 5 rings (SSSR count). The Morgan fingerprint density at radius 1 is 1.10 bits per heavy atom. The van der Waals surface area contributed by atoms with Crippen molar-refractivity contribution >= 4 is 17.8 Å². The minimum atomic E-state index is -1.04. The molecule has 1 aromatic heterocycles. The van der Waals surface area contributed by atoms with Crippen LogP contribution in [0.4, 0.5) is 0 Å². The van der Waals surface area contributed by atoms with Crippen molar-refractivity contribution in [1.82, 2.24) is 15.2 Å². The number of aromatic amines is 1. The molecule has 3 atom stereocenters. The van der Waals surface area contributed by atoms with Gasteiger partial charge in [0.05, 0.1) is 18.6 Å². The van der Waals surface area contributed by atoms with Crippen molar-refractivity contribution in [2.75, 3.05) is 32.8 Å². The molecule has 9 heteroatoms. The summed E-state index contributed by atoms with van der Waals surface area (Å²) in [5, 5.41) is 2.74. The Balaban J connectivity index is 1.36. The van der Waals surface area contributed by atoms with Gasteiger partial charge in [0.15, 0.2) is 0 Å². The number of benzene rings is 2. The standard InChI is InChI=1S/C32H33N3O6/c1-2-18-41-31(39)32(22-9-4-3-5-10-22)15-14-25(24-11-6-7-13-27(24)32)30(38)35-17-19-40-23(21-35)20-34-29(37)26-12-8-16-33-28(26)36/h2-13,16,23,25H,1,14-15,17-21H2,(H,33,36)(H,34,37)/t23?,25-,32?/m1/s1. The van der Waals surface area contributed by atoms with E-state index in [1.165, 1.54) is 12.3 Å². The summed E-state index contributed by atoms with van der Waals surface area (Å²) in [4.78, 5) is 56.3. The lowest BCUT2D eigenvalue weighted by molar-refractivity contribution is -0.149. The van der Waals surface area contributed by atoms with Crippen LogP contribution < -0.4 is 10.9 Å².